The zero-order valence-electron chi connectivity index (χ0n) is 21.2. The number of carbonyl (C=O) groups excluding carboxylic acids is 1. The molecule has 8 heteroatoms. The van der Waals surface area contributed by atoms with E-state index in [0.29, 0.717) is 17.9 Å². The molecule has 0 radical (unpaired) electrons. The Labute approximate surface area is 212 Å². The highest BCUT2D eigenvalue weighted by Crippen LogP contribution is 2.44. The van der Waals surface area contributed by atoms with E-state index in [9.17, 15) is 4.79 Å². The van der Waals surface area contributed by atoms with Crippen LogP contribution in [0.3, 0.4) is 0 Å². The number of fused-ring (bicyclic) bond motifs is 2. The molecular weight excluding hydrogens is 454 g/mol. The number of hydrogen-bond donors (Lipinski definition) is 1. The topological polar surface area (TPSA) is 79.8 Å². The van der Waals surface area contributed by atoms with Crippen molar-refractivity contribution in [3.8, 4) is 5.75 Å². The zero-order valence-corrected chi connectivity index (χ0v) is 21.2. The monoisotopic (exact) mass is 489 g/mol. The normalized spacial score (nSPS) is 24.7. The smallest absolute Gasteiger partial charge is 0.246 e. The number of likely N-dealkylation sites (tertiary alicyclic amines) is 2. The largest absolute Gasteiger partial charge is 0.482 e. The van der Waals surface area contributed by atoms with E-state index in [0.717, 1.165) is 92.9 Å². The predicted molar refractivity (Wildman–Crippen MR) is 138 cm³/mol. The zero-order chi connectivity index (χ0) is 24.8. The van der Waals surface area contributed by atoms with Gasteiger partial charge in [0.1, 0.15) is 11.9 Å². The van der Waals surface area contributed by atoms with E-state index in [-0.39, 0.29) is 12.0 Å². The Kier molecular flexibility index (Phi) is 6.17. The summed E-state index contributed by atoms with van der Waals surface area (Å²) in [5.41, 5.74) is 5.41. The van der Waals surface area contributed by atoms with Gasteiger partial charge in [-0.15, -0.1) is 0 Å². The van der Waals surface area contributed by atoms with Crippen LogP contribution in [0, 0.1) is 6.92 Å². The molecule has 190 valence electrons. The van der Waals surface area contributed by atoms with E-state index >= 15 is 0 Å². The SMILES string of the molecule is C=CC(=O)N1CC[C@H](N2CC(c3cc4c(c(C)n3)O[C@H](C)c3c(C5CCOCC5)ccnc3N4)C2)C1. The summed E-state index contributed by atoms with van der Waals surface area (Å²) in [6.45, 7) is 12.9. The van der Waals surface area contributed by atoms with Crippen molar-refractivity contribution in [2.45, 2.75) is 57.1 Å². The molecule has 3 fully saturated rings. The van der Waals surface area contributed by atoms with Crippen LogP contribution in [-0.2, 0) is 9.53 Å². The maximum absolute atomic E-state index is 11.9. The van der Waals surface area contributed by atoms with Gasteiger partial charge >= 0.3 is 0 Å². The first kappa shape index (κ1) is 23.4. The molecule has 36 heavy (non-hydrogen) atoms. The Balaban J connectivity index is 1.21. The van der Waals surface area contributed by atoms with Gasteiger partial charge in [-0.25, -0.2) is 4.98 Å². The van der Waals surface area contributed by atoms with Crippen molar-refractivity contribution < 1.29 is 14.3 Å². The molecule has 4 aliphatic rings. The van der Waals surface area contributed by atoms with E-state index < -0.39 is 0 Å². The number of amides is 1. The molecule has 6 rings (SSSR count). The van der Waals surface area contributed by atoms with Gasteiger partial charge in [-0.2, -0.15) is 0 Å². The summed E-state index contributed by atoms with van der Waals surface area (Å²) in [6, 6.07) is 4.73. The van der Waals surface area contributed by atoms with Gasteiger partial charge < -0.3 is 19.7 Å². The summed E-state index contributed by atoms with van der Waals surface area (Å²) in [5.74, 6) is 2.57. The van der Waals surface area contributed by atoms with Crippen molar-refractivity contribution in [1.29, 1.82) is 0 Å². The minimum absolute atomic E-state index is 0.0341. The van der Waals surface area contributed by atoms with E-state index in [1.54, 1.807) is 0 Å². The summed E-state index contributed by atoms with van der Waals surface area (Å²) in [5, 5.41) is 3.61. The van der Waals surface area contributed by atoms with E-state index in [1.807, 2.05) is 18.0 Å². The summed E-state index contributed by atoms with van der Waals surface area (Å²) >= 11 is 0. The van der Waals surface area contributed by atoms with E-state index in [4.69, 9.17) is 19.4 Å². The molecule has 8 nitrogen and oxygen atoms in total. The average Bonchev–Trinajstić information content (AvgIpc) is 3.29. The number of anilines is 2. The lowest BCUT2D eigenvalue weighted by Gasteiger charge is -2.43. The molecule has 3 saturated heterocycles. The fraction of sp³-hybridized carbons (Fsp3) is 0.536. The molecule has 2 aromatic rings. The van der Waals surface area contributed by atoms with E-state index in [2.05, 4.69) is 35.9 Å². The minimum atomic E-state index is -0.116. The minimum Gasteiger partial charge on any atom is -0.482 e. The van der Waals surface area contributed by atoms with Gasteiger partial charge in [0.05, 0.1) is 11.4 Å². The van der Waals surface area contributed by atoms with Crippen LogP contribution in [0.4, 0.5) is 11.5 Å². The number of pyridine rings is 2. The van der Waals surface area contributed by atoms with Gasteiger partial charge in [-0.05, 0) is 62.8 Å². The van der Waals surface area contributed by atoms with Crippen molar-refractivity contribution in [2.24, 2.45) is 0 Å². The van der Waals surface area contributed by atoms with Gasteiger partial charge in [0.25, 0.3) is 0 Å². The Morgan fingerprint density at radius 1 is 1.19 bits per heavy atom. The number of nitrogens with one attached hydrogen (secondary N) is 1. The number of rotatable bonds is 4. The average molecular weight is 490 g/mol. The highest BCUT2D eigenvalue weighted by atomic mass is 16.5. The first-order valence-electron chi connectivity index (χ1n) is 13.2. The van der Waals surface area contributed by atoms with Gasteiger partial charge in [0, 0.05) is 68.8 Å². The molecule has 1 amide bonds. The molecular formula is C28H35N5O3. The third-order valence-corrected chi connectivity index (χ3v) is 8.30. The van der Waals surface area contributed by atoms with Crippen LogP contribution < -0.4 is 10.1 Å². The molecule has 4 aliphatic heterocycles. The van der Waals surface area contributed by atoms with Crippen molar-refractivity contribution in [3.63, 3.8) is 0 Å². The van der Waals surface area contributed by atoms with Crippen LogP contribution in [0.15, 0.2) is 31.0 Å². The molecule has 0 spiro atoms. The standard InChI is InChI=1S/C28H35N5O3/c1-4-25(34)32-10-6-21(16-32)33-14-20(15-33)23-13-24-27(17(2)30-23)36-18(3)26-22(5-9-29-28(26)31-24)19-7-11-35-12-8-19/h4-5,9,13,18-21H,1,6-8,10-12,14-16H2,2-3H3,(H,29,31)/t18-,21+/m1/s1. The Hall–Kier alpha value is -2.97. The third-order valence-electron chi connectivity index (χ3n) is 8.30. The van der Waals surface area contributed by atoms with Crippen LogP contribution in [0.2, 0.25) is 0 Å². The van der Waals surface area contributed by atoms with Crippen LogP contribution in [0.1, 0.15) is 66.6 Å². The quantitative estimate of drug-likeness (QED) is 0.649. The second-order valence-electron chi connectivity index (χ2n) is 10.5. The van der Waals surface area contributed by atoms with Crippen molar-refractivity contribution >= 4 is 17.4 Å². The fourth-order valence-electron chi connectivity index (χ4n) is 6.25. The summed E-state index contributed by atoms with van der Waals surface area (Å²) in [6.07, 6.45) is 6.29. The summed E-state index contributed by atoms with van der Waals surface area (Å²) < 4.78 is 12.1. The summed E-state index contributed by atoms with van der Waals surface area (Å²) in [4.78, 5) is 26.0. The predicted octanol–water partition coefficient (Wildman–Crippen LogP) is 4.06. The highest BCUT2D eigenvalue weighted by Gasteiger charge is 2.39. The summed E-state index contributed by atoms with van der Waals surface area (Å²) in [7, 11) is 0. The fourth-order valence-corrected chi connectivity index (χ4v) is 6.25. The molecule has 0 aliphatic carbocycles. The lowest BCUT2D eigenvalue weighted by atomic mass is 9.87. The molecule has 6 heterocycles. The maximum atomic E-state index is 11.9. The molecule has 0 saturated carbocycles. The van der Waals surface area contributed by atoms with Crippen molar-refractivity contribution in [1.82, 2.24) is 19.8 Å². The molecule has 0 bridgehead atoms. The second kappa shape index (κ2) is 9.48. The van der Waals surface area contributed by atoms with Crippen LogP contribution >= 0.6 is 0 Å². The molecule has 1 N–H and O–H groups in total. The highest BCUT2D eigenvalue weighted by molar-refractivity contribution is 5.87. The third kappa shape index (κ3) is 4.16. The number of nitrogens with zero attached hydrogens (tertiary/aromatic N) is 4. The number of aryl methyl sites for hydroxylation is 1. The lowest BCUT2D eigenvalue weighted by molar-refractivity contribution is -0.125. The Morgan fingerprint density at radius 2 is 2.00 bits per heavy atom. The molecule has 0 aromatic carbocycles. The molecule has 0 unspecified atom stereocenters. The number of hydrogen-bond acceptors (Lipinski definition) is 7. The van der Waals surface area contributed by atoms with Gasteiger partial charge in [-0.3, -0.25) is 14.7 Å². The first-order chi connectivity index (χ1) is 17.5. The Morgan fingerprint density at radius 3 is 2.78 bits per heavy atom. The van der Waals surface area contributed by atoms with Crippen molar-refractivity contribution in [3.05, 3.63) is 53.5 Å². The maximum Gasteiger partial charge on any atom is 0.246 e. The number of ether oxygens (including phenoxy) is 2. The number of carbonyl (C=O) groups is 1. The first-order valence-corrected chi connectivity index (χ1v) is 13.2. The van der Waals surface area contributed by atoms with Crippen molar-refractivity contribution in [2.75, 3.05) is 44.7 Å². The van der Waals surface area contributed by atoms with E-state index in [1.165, 1.54) is 11.6 Å². The van der Waals surface area contributed by atoms with Gasteiger partial charge in [0.15, 0.2) is 5.75 Å². The molecule has 2 atom stereocenters. The Bertz CT molecular complexity index is 1170. The van der Waals surface area contributed by atoms with Gasteiger partial charge in [-0.1, -0.05) is 6.58 Å². The van der Waals surface area contributed by atoms with Crippen LogP contribution in [0.25, 0.3) is 0 Å². The van der Waals surface area contributed by atoms with Gasteiger partial charge in [0.2, 0.25) is 5.91 Å². The lowest BCUT2D eigenvalue weighted by Crippen LogP contribution is -2.52. The number of aromatic nitrogens is 2. The molecule has 2 aromatic heterocycles. The van der Waals surface area contributed by atoms with Crippen LogP contribution in [-0.4, -0.2) is 71.1 Å². The van der Waals surface area contributed by atoms with Crippen LogP contribution in [0.5, 0.6) is 5.75 Å². The second-order valence-corrected chi connectivity index (χ2v) is 10.5.